The lowest BCUT2D eigenvalue weighted by Crippen LogP contribution is -2.14. The van der Waals surface area contributed by atoms with Crippen molar-refractivity contribution in [1.82, 2.24) is 9.97 Å². The molecule has 0 radical (unpaired) electrons. The lowest BCUT2D eigenvalue weighted by Gasteiger charge is -2.07. The van der Waals surface area contributed by atoms with Crippen LogP contribution in [0.4, 0.5) is 0 Å². The zero-order chi connectivity index (χ0) is 15.9. The summed E-state index contributed by atoms with van der Waals surface area (Å²) >= 11 is 1.40. The van der Waals surface area contributed by atoms with Gasteiger partial charge in [0, 0.05) is 11.4 Å². The second-order valence-electron chi connectivity index (χ2n) is 4.83. The first-order chi connectivity index (χ1) is 10.6. The van der Waals surface area contributed by atoms with Crippen LogP contribution < -0.4 is 10.4 Å². The van der Waals surface area contributed by atoms with Gasteiger partial charge in [0.1, 0.15) is 22.4 Å². The molecule has 0 unspecified atom stereocenters. The Bertz CT molecular complexity index is 750. The van der Waals surface area contributed by atoms with Gasteiger partial charge in [-0.15, -0.1) is 11.8 Å². The fraction of sp³-hybridized carbons (Fsp3) is 0.312. The van der Waals surface area contributed by atoms with Gasteiger partial charge in [0.15, 0.2) is 0 Å². The number of hydrogen-bond acceptors (Lipinski definition) is 5. The van der Waals surface area contributed by atoms with E-state index in [-0.39, 0.29) is 0 Å². The number of aromatic amines is 1. The van der Waals surface area contributed by atoms with Crippen molar-refractivity contribution in [2.24, 2.45) is 0 Å². The van der Waals surface area contributed by atoms with Crippen LogP contribution in [0.1, 0.15) is 23.2 Å². The van der Waals surface area contributed by atoms with Crippen LogP contribution >= 0.6 is 11.8 Å². The van der Waals surface area contributed by atoms with Gasteiger partial charge >= 0.3 is 5.69 Å². The highest BCUT2D eigenvalue weighted by Crippen LogP contribution is 2.21. The Balaban J connectivity index is 1.85. The highest BCUT2D eigenvalue weighted by molar-refractivity contribution is 7.99. The van der Waals surface area contributed by atoms with E-state index >= 15 is 0 Å². The number of thioether (sulfide) groups is 1. The third-order valence-electron chi connectivity index (χ3n) is 2.98. The molecule has 0 fully saturated rings. The van der Waals surface area contributed by atoms with Crippen LogP contribution in [0.5, 0.6) is 5.75 Å². The van der Waals surface area contributed by atoms with Crippen LogP contribution in [0, 0.1) is 25.2 Å². The zero-order valence-electron chi connectivity index (χ0n) is 12.5. The van der Waals surface area contributed by atoms with Crippen LogP contribution in [0.2, 0.25) is 0 Å². The molecule has 0 saturated carbocycles. The van der Waals surface area contributed by atoms with Crippen LogP contribution in [0.25, 0.3) is 0 Å². The monoisotopic (exact) mass is 315 g/mol. The smallest absolute Gasteiger partial charge is 0.346 e. The number of nitrogens with zero attached hydrogens (tertiary/aromatic N) is 2. The molecule has 1 aromatic heterocycles. The number of hydrogen-bond donors (Lipinski definition) is 1. The van der Waals surface area contributed by atoms with Gasteiger partial charge in [0.25, 0.3) is 0 Å². The summed E-state index contributed by atoms with van der Waals surface area (Å²) in [6.45, 7) is 4.31. The van der Waals surface area contributed by atoms with E-state index in [4.69, 9.17) is 10.00 Å². The molecule has 2 aromatic rings. The minimum absolute atomic E-state index is 0.421. The first-order valence-corrected chi connectivity index (χ1v) is 7.92. The number of benzene rings is 1. The molecule has 114 valence electrons. The molecule has 0 aliphatic heterocycles. The van der Waals surface area contributed by atoms with E-state index in [1.54, 1.807) is 6.92 Å². The predicted octanol–water partition coefficient (Wildman–Crippen LogP) is 2.82. The Hall–Kier alpha value is -2.26. The minimum atomic E-state index is -0.421. The molecule has 2 rings (SSSR count). The van der Waals surface area contributed by atoms with Gasteiger partial charge in [-0.05, 0) is 38.0 Å². The van der Waals surface area contributed by atoms with Crippen molar-refractivity contribution >= 4 is 11.8 Å². The van der Waals surface area contributed by atoms with Crippen molar-refractivity contribution in [3.63, 3.8) is 0 Å². The summed E-state index contributed by atoms with van der Waals surface area (Å²) < 4.78 is 5.66. The highest BCUT2D eigenvalue weighted by atomic mass is 32.2. The van der Waals surface area contributed by atoms with Crippen LogP contribution in [0.3, 0.4) is 0 Å². The third kappa shape index (κ3) is 4.37. The summed E-state index contributed by atoms with van der Waals surface area (Å²) in [5.41, 5.74) is 1.73. The van der Waals surface area contributed by atoms with Crippen LogP contribution in [-0.2, 0) is 0 Å². The number of nitrogens with one attached hydrogen (secondary N) is 1. The Labute approximate surface area is 133 Å². The van der Waals surface area contributed by atoms with Crippen molar-refractivity contribution in [3.8, 4) is 11.8 Å². The molecule has 6 heteroatoms. The average Bonchev–Trinajstić information content (AvgIpc) is 2.46. The number of aryl methyl sites for hydroxylation is 2. The summed E-state index contributed by atoms with van der Waals surface area (Å²) in [7, 11) is 0. The molecule has 0 saturated heterocycles. The summed E-state index contributed by atoms with van der Waals surface area (Å²) in [6.07, 6.45) is 0.803. The first-order valence-electron chi connectivity index (χ1n) is 6.93. The molecule has 0 bridgehead atoms. The molecule has 1 heterocycles. The van der Waals surface area contributed by atoms with Crippen molar-refractivity contribution in [3.05, 3.63) is 51.6 Å². The van der Waals surface area contributed by atoms with E-state index in [2.05, 4.69) is 16.0 Å². The molecule has 1 N–H and O–H groups in total. The van der Waals surface area contributed by atoms with Crippen molar-refractivity contribution in [1.29, 1.82) is 5.26 Å². The van der Waals surface area contributed by atoms with E-state index in [0.29, 0.717) is 22.9 Å². The summed E-state index contributed by atoms with van der Waals surface area (Å²) in [6, 6.07) is 9.97. The van der Waals surface area contributed by atoms with Gasteiger partial charge in [-0.1, -0.05) is 12.1 Å². The molecule has 0 aliphatic rings. The maximum absolute atomic E-state index is 11.4. The standard InChI is InChI=1S/C16H17N3O2S/c1-11-5-3-6-13(9-11)21-7-4-8-22-15-14(10-17)12(2)18-16(20)19-15/h3,5-6,9H,4,7-8H2,1-2H3,(H,18,19,20). The average molecular weight is 315 g/mol. The first kappa shape index (κ1) is 16.1. The Kier molecular flexibility index (Phi) is 5.61. The van der Waals surface area contributed by atoms with E-state index in [1.807, 2.05) is 31.2 Å². The second-order valence-corrected chi connectivity index (χ2v) is 5.91. The fourth-order valence-electron chi connectivity index (χ4n) is 1.92. The van der Waals surface area contributed by atoms with E-state index in [1.165, 1.54) is 11.8 Å². The summed E-state index contributed by atoms with van der Waals surface area (Å²) in [5, 5.41) is 9.60. The molecule has 0 amide bonds. The molecule has 0 aliphatic carbocycles. The molecular formula is C16H17N3O2S. The van der Waals surface area contributed by atoms with Gasteiger partial charge < -0.3 is 9.72 Å². The molecule has 1 aromatic carbocycles. The SMILES string of the molecule is Cc1cccc(OCCCSc2nc(=O)[nH]c(C)c2C#N)c1. The number of rotatable bonds is 6. The minimum Gasteiger partial charge on any atom is -0.494 e. The summed E-state index contributed by atoms with van der Waals surface area (Å²) in [5.74, 6) is 1.59. The fourth-order valence-corrected chi connectivity index (χ4v) is 2.86. The van der Waals surface area contributed by atoms with Gasteiger partial charge in [-0.25, -0.2) is 4.79 Å². The quantitative estimate of drug-likeness (QED) is 0.504. The van der Waals surface area contributed by atoms with Crippen molar-refractivity contribution in [2.75, 3.05) is 12.4 Å². The summed E-state index contributed by atoms with van der Waals surface area (Å²) in [4.78, 5) is 17.8. The Morgan fingerprint density at radius 3 is 2.95 bits per heavy atom. The lowest BCUT2D eigenvalue weighted by atomic mass is 10.2. The van der Waals surface area contributed by atoms with Crippen LogP contribution in [0.15, 0.2) is 34.1 Å². The number of aromatic nitrogens is 2. The topological polar surface area (TPSA) is 78.8 Å². The number of nitriles is 1. The van der Waals surface area contributed by atoms with Gasteiger partial charge in [0.05, 0.1) is 6.61 Å². The molecular weight excluding hydrogens is 298 g/mol. The second kappa shape index (κ2) is 7.66. The van der Waals surface area contributed by atoms with Gasteiger partial charge in [-0.2, -0.15) is 10.2 Å². The molecule has 0 spiro atoms. The molecule has 5 nitrogen and oxygen atoms in total. The van der Waals surface area contributed by atoms with Crippen molar-refractivity contribution in [2.45, 2.75) is 25.3 Å². The Morgan fingerprint density at radius 1 is 1.41 bits per heavy atom. The van der Waals surface area contributed by atoms with Crippen molar-refractivity contribution < 1.29 is 4.74 Å². The largest absolute Gasteiger partial charge is 0.494 e. The third-order valence-corrected chi connectivity index (χ3v) is 4.05. The Morgan fingerprint density at radius 2 is 2.23 bits per heavy atom. The predicted molar refractivity (Wildman–Crippen MR) is 86.3 cm³/mol. The van der Waals surface area contributed by atoms with E-state index in [9.17, 15) is 4.79 Å². The number of H-pyrrole nitrogens is 1. The maximum atomic E-state index is 11.4. The molecule has 0 atom stereocenters. The zero-order valence-corrected chi connectivity index (χ0v) is 13.4. The van der Waals surface area contributed by atoms with E-state index < -0.39 is 5.69 Å². The maximum Gasteiger partial charge on any atom is 0.346 e. The van der Waals surface area contributed by atoms with Gasteiger partial charge in [0.2, 0.25) is 0 Å². The van der Waals surface area contributed by atoms with Gasteiger partial charge in [-0.3, -0.25) is 0 Å². The number of ether oxygens (including phenoxy) is 1. The normalized spacial score (nSPS) is 10.2. The van der Waals surface area contributed by atoms with Crippen LogP contribution in [-0.4, -0.2) is 22.3 Å². The highest BCUT2D eigenvalue weighted by Gasteiger charge is 2.09. The lowest BCUT2D eigenvalue weighted by molar-refractivity contribution is 0.318. The molecule has 22 heavy (non-hydrogen) atoms. The van der Waals surface area contributed by atoms with E-state index in [0.717, 1.165) is 23.5 Å².